The molecule has 0 aliphatic carbocycles. The number of ether oxygens (including phenoxy) is 1. The second-order valence-electron chi connectivity index (χ2n) is 7.80. The van der Waals surface area contributed by atoms with Gasteiger partial charge in [0.15, 0.2) is 0 Å². The highest BCUT2D eigenvalue weighted by atomic mass is 35.5. The number of carbonyl (C=O) groups is 3. The van der Waals surface area contributed by atoms with E-state index < -0.39 is 12.0 Å². The first-order chi connectivity index (χ1) is 15.8. The maximum absolute atomic E-state index is 13.5. The minimum absolute atomic E-state index is 0.172. The van der Waals surface area contributed by atoms with Crippen molar-refractivity contribution in [3.63, 3.8) is 0 Å². The number of likely N-dealkylation sites (N-methyl/N-ethyl adjacent to an activating group) is 1. The Balaban J connectivity index is 1.73. The summed E-state index contributed by atoms with van der Waals surface area (Å²) in [4.78, 5) is 45.7. The number of aromatic nitrogens is 1. The maximum atomic E-state index is 13.5. The van der Waals surface area contributed by atoms with Crippen molar-refractivity contribution < 1.29 is 19.1 Å². The van der Waals surface area contributed by atoms with E-state index in [0.717, 1.165) is 16.7 Å². The lowest BCUT2D eigenvalue weighted by Gasteiger charge is -2.27. The molecule has 0 N–H and O–H groups in total. The summed E-state index contributed by atoms with van der Waals surface area (Å²) in [5.41, 5.74) is 3.70. The maximum Gasteiger partial charge on any atom is 0.337 e. The summed E-state index contributed by atoms with van der Waals surface area (Å²) in [7, 11) is 2.98. The number of nitrogens with zero attached hydrogens (tertiary/aromatic N) is 3. The van der Waals surface area contributed by atoms with E-state index in [0.29, 0.717) is 22.0 Å². The van der Waals surface area contributed by atoms with Crippen molar-refractivity contribution >= 4 is 35.1 Å². The summed E-state index contributed by atoms with van der Waals surface area (Å²) in [5.74, 6) is -0.939. The number of rotatable bonds is 4. The SMILES string of the molecule is COC(=O)c1cccc(CN2C(=O)c3ccc(-c4ccnc(Cl)c4)cc3N(C)C(=O)[C@H]2C)c1. The Morgan fingerprint density at radius 3 is 2.58 bits per heavy atom. The molecule has 0 saturated heterocycles. The third-order valence-corrected chi connectivity index (χ3v) is 5.97. The van der Waals surface area contributed by atoms with Gasteiger partial charge in [-0.25, -0.2) is 9.78 Å². The van der Waals surface area contributed by atoms with Gasteiger partial charge in [0.2, 0.25) is 5.91 Å². The van der Waals surface area contributed by atoms with Crippen LogP contribution >= 0.6 is 11.6 Å². The first kappa shape index (κ1) is 22.5. The molecule has 1 aromatic heterocycles. The van der Waals surface area contributed by atoms with Gasteiger partial charge in [-0.1, -0.05) is 29.8 Å². The molecular weight excluding hydrogens is 442 g/mol. The van der Waals surface area contributed by atoms with E-state index in [1.807, 2.05) is 24.3 Å². The van der Waals surface area contributed by atoms with Crippen molar-refractivity contribution in [3.8, 4) is 11.1 Å². The summed E-state index contributed by atoms with van der Waals surface area (Å²) in [5, 5.41) is 0.358. The van der Waals surface area contributed by atoms with Crippen LogP contribution in [0.4, 0.5) is 5.69 Å². The van der Waals surface area contributed by atoms with E-state index >= 15 is 0 Å². The molecule has 2 heterocycles. The largest absolute Gasteiger partial charge is 0.465 e. The molecule has 168 valence electrons. The molecular formula is C25H22ClN3O4. The molecule has 0 saturated carbocycles. The van der Waals surface area contributed by atoms with Gasteiger partial charge in [0.25, 0.3) is 5.91 Å². The fraction of sp³-hybridized carbons (Fsp3) is 0.200. The second kappa shape index (κ2) is 9.03. The molecule has 1 atom stereocenters. The average molecular weight is 464 g/mol. The molecule has 2 aromatic carbocycles. The smallest absolute Gasteiger partial charge is 0.337 e. The number of carbonyl (C=O) groups excluding carboxylic acids is 3. The van der Waals surface area contributed by atoms with Crippen molar-refractivity contribution in [2.24, 2.45) is 0 Å². The van der Waals surface area contributed by atoms with E-state index in [4.69, 9.17) is 16.3 Å². The highest BCUT2D eigenvalue weighted by Gasteiger charge is 2.35. The third-order valence-electron chi connectivity index (χ3n) is 5.77. The molecule has 8 heteroatoms. The Morgan fingerprint density at radius 1 is 1.09 bits per heavy atom. The molecule has 1 aliphatic heterocycles. The van der Waals surface area contributed by atoms with Crippen LogP contribution < -0.4 is 4.90 Å². The first-order valence-electron chi connectivity index (χ1n) is 10.3. The number of methoxy groups -OCH3 is 1. The van der Waals surface area contributed by atoms with Gasteiger partial charge in [-0.05, 0) is 60.0 Å². The Morgan fingerprint density at radius 2 is 1.85 bits per heavy atom. The number of halogens is 1. The minimum atomic E-state index is -0.699. The monoisotopic (exact) mass is 463 g/mol. The van der Waals surface area contributed by atoms with E-state index in [2.05, 4.69) is 4.98 Å². The molecule has 2 amide bonds. The number of anilines is 1. The average Bonchev–Trinajstić information content (AvgIpc) is 2.90. The molecule has 0 spiro atoms. The summed E-state index contributed by atoms with van der Waals surface area (Å²) in [6.45, 7) is 1.88. The van der Waals surface area contributed by atoms with E-state index in [1.165, 1.54) is 16.9 Å². The predicted molar refractivity (Wildman–Crippen MR) is 125 cm³/mol. The topological polar surface area (TPSA) is 79.8 Å². The number of hydrogen-bond acceptors (Lipinski definition) is 5. The molecule has 7 nitrogen and oxygen atoms in total. The Hall–Kier alpha value is -3.71. The van der Waals surface area contributed by atoms with Crippen molar-refractivity contribution in [1.82, 2.24) is 9.88 Å². The number of fused-ring (bicyclic) bond motifs is 1. The minimum Gasteiger partial charge on any atom is -0.465 e. The lowest BCUT2D eigenvalue weighted by atomic mass is 10.0. The summed E-state index contributed by atoms with van der Waals surface area (Å²) < 4.78 is 4.78. The van der Waals surface area contributed by atoms with Gasteiger partial charge < -0.3 is 14.5 Å². The number of amides is 2. The van der Waals surface area contributed by atoms with Crippen LogP contribution in [0.5, 0.6) is 0 Å². The highest BCUT2D eigenvalue weighted by molar-refractivity contribution is 6.29. The van der Waals surface area contributed by atoms with E-state index in [1.54, 1.807) is 50.5 Å². The lowest BCUT2D eigenvalue weighted by molar-refractivity contribution is -0.122. The Labute approximate surface area is 196 Å². The molecule has 1 aliphatic rings. The van der Waals surface area contributed by atoms with Crippen molar-refractivity contribution in [3.05, 3.63) is 82.6 Å². The number of esters is 1. The van der Waals surface area contributed by atoms with E-state index in [9.17, 15) is 14.4 Å². The van der Waals surface area contributed by atoms with Gasteiger partial charge in [0.05, 0.1) is 23.9 Å². The zero-order chi connectivity index (χ0) is 23.7. The van der Waals surface area contributed by atoms with Crippen molar-refractivity contribution in [2.45, 2.75) is 19.5 Å². The number of pyridine rings is 1. The standard InChI is InChI=1S/C25H22ClN3O4/c1-15-23(30)28(2)21-12-17(18-9-10-27-22(26)13-18)7-8-20(21)24(31)29(15)14-16-5-4-6-19(11-16)25(32)33-3/h4-13,15H,14H2,1-3H3/t15-/m1/s1. The lowest BCUT2D eigenvalue weighted by Crippen LogP contribution is -2.45. The van der Waals surface area contributed by atoms with Crippen LogP contribution in [0.15, 0.2) is 60.8 Å². The normalized spacial score (nSPS) is 15.8. The van der Waals surface area contributed by atoms with Gasteiger partial charge in [-0.15, -0.1) is 0 Å². The van der Waals surface area contributed by atoms with Crippen LogP contribution in [-0.2, 0) is 16.1 Å². The van der Waals surface area contributed by atoms with Gasteiger partial charge >= 0.3 is 5.97 Å². The van der Waals surface area contributed by atoms with Crippen LogP contribution in [0.25, 0.3) is 11.1 Å². The van der Waals surface area contributed by atoms with Gasteiger partial charge in [-0.3, -0.25) is 9.59 Å². The Bertz CT molecular complexity index is 1260. The molecule has 3 aromatic rings. The summed E-state index contributed by atoms with van der Waals surface area (Å²) >= 11 is 6.03. The molecule has 4 rings (SSSR count). The second-order valence-corrected chi connectivity index (χ2v) is 8.18. The fourth-order valence-electron chi connectivity index (χ4n) is 3.93. The molecule has 0 bridgehead atoms. The van der Waals surface area contributed by atoms with Gasteiger partial charge in [-0.2, -0.15) is 0 Å². The number of benzene rings is 2. The van der Waals surface area contributed by atoms with E-state index in [-0.39, 0.29) is 18.4 Å². The molecule has 33 heavy (non-hydrogen) atoms. The van der Waals surface area contributed by atoms with Crippen molar-refractivity contribution in [2.75, 3.05) is 19.1 Å². The molecule has 0 fully saturated rings. The third kappa shape index (κ3) is 4.32. The van der Waals surface area contributed by atoms with Crippen LogP contribution in [0.3, 0.4) is 0 Å². The van der Waals surface area contributed by atoms with Crippen LogP contribution in [0.2, 0.25) is 5.15 Å². The quantitative estimate of drug-likeness (QED) is 0.428. The van der Waals surface area contributed by atoms with Crippen LogP contribution in [0.1, 0.15) is 33.2 Å². The van der Waals surface area contributed by atoms with Crippen LogP contribution in [0, 0.1) is 0 Å². The zero-order valence-electron chi connectivity index (χ0n) is 18.4. The fourth-order valence-corrected chi connectivity index (χ4v) is 4.11. The van der Waals surface area contributed by atoms with Crippen LogP contribution in [-0.4, -0.2) is 47.9 Å². The molecule has 0 radical (unpaired) electrons. The highest BCUT2D eigenvalue weighted by Crippen LogP contribution is 2.33. The zero-order valence-corrected chi connectivity index (χ0v) is 19.2. The predicted octanol–water partition coefficient (Wildman–Crippen LogP) is 4.20. The summed E-state index contributed by atoms with van der Waals surface area (Å²) in [6.07, 6.45) is 1.61. The van der Waals surface area contributed by atoms with Gasteiger partial charge in [0.1, 0.15) is 11.2 Å². The molecule has 0 unspecified atom stereocenters. The first-order valence-corrected chi connectivity index (χ1v) is 10.7. The summed E-state index contributed by atoms with van der Waals surface area (Å²) in [6, 6.07) is 15.1. The van der Waals surface area contributed by atoms with Crippen molar-refractivity contribution in [1.29, 1.82) is 0 Å². The van der Waals surface area contributed by atoms with Gasteiger partial charge in [0, 0.05) is 19.8 Å². The number of hydrogen-bond donors (Lipinski definition) is 0. The Kier molecular flexibility index (Phi) is 6.16.